The molecule has 2 nitrogen and oxygen atoms in total. The summed E-state index contributed by atoms with van der Waals surface area (Å²) in [7, 11) is 0. The van der Waals surface area contributed by atoms with Gasteiger partial charge in [0.05, 0.1) is 10.6 Å². The third-order valence-corrected chi connectivity index (χ3v) is 2.90. The van der Waals surface area contributed by atoms with Gasteiger partial charge in [0.1, 0.15) is 6.07 Å². The Morgan fingerprint density at radius 2 is 1.89 bits per heavy atom. The average molecular weight is 279 g/mol. The number of hydrogen-bond acceptors (Lipinski definition) is 2. The molecule has 0 unspecified atom stereocenters. The highest BCUT2D eigenvalue weighted by atomic mass is 35.5. The first-order chi connectivity index (χ1) is 9.10. The predicted octanol–water partition coefficient (Wildman–Crippen LogP) is 4.10. The molecule has 2 aromatic rings. The van der Waals surface area contributed by atoms with Crippen LogP contribution in [0.15, 0.2) is 36.4 Å². The molecule has 2 rings (SSSR count). The van der Waals surface area contributed by atoms with E-state index in [2.05, 4.69) is 5.32 Å². The van der Waals surface area contributed by atoms with Gasteiger partial charge in [-0.15, -0.1) is 0 Å². The average Bonchev–Trinajstić information content (AvgIpc) is 2.41. The van der Waals surface area contributed by atoms with Gasteiger partial charge in [0, 0.05) is 12.2 Å². The van der Waals surface area contributed by atoms with Crippen molar-refractivity contribution in [2.75, 3.05) is 5.32 Å². The molecule has 1 N–H and O–H groups in total. The van der Waals surface area contributed by atoms with Gasteiger partial charge in [0.2, 0.25) is 0 Å². The fourth-order valence-corrected chi connectivity index (χ4v) is 1.73. The summed E-state index contributed by atoms with van der Waals surface area (Å²) in [5, 5.41) is 12.2. The molecule has 2 aromatic carbocycles. The molecular formula is C14H9ClF2N2. The molecule has 0 aromatic heterocycles. The zero-order valence-electron chi connectivity index (χ0n) is 9.75. The lowest BCUT2D eigenvalue weighted by atomic mass is 10.2. The predicted molar refractivity (Wildman–Crippen MR) is 69.9 cm³/mol. The van der Waals surface area contributed by atoms with Crippen LogP contribution in [0.3, 0.4) is 0 Å². The van der Waals surface area contributed by atoms with Crippen LogP contribution in [0.1, 0.15) is 11.1 Å². The second kappa shape index (κ2) is 5.68. The van der Waals surface area contributed by atoms with Crippen molar-refractivity contribution in [3.63, 3.8) is 0 Å². The normalized spacial score (nSPS) is 10.0. The van der Waals surface area contributed by atoms with E-state index in [4.69, 9.17) is 16.9 Å². The Balaban J connectivity index is 2.10. The molecule has 0 aliphatic rings. The Morgan fingerprint density at radius 3 is 2.58 bits per heavy atom. The number of benzene rings is 2. The minimum atomic E-state index is -0.881. The topological polar surface area (TPSA) is 35.8 Å². The second-order valence-corrected chi connectivity index (χ2v) is 4.32. The number of nitrogens with zero attached hydrogens (tertiary/aromatic N) is 1. The van der Waals surface area contributed by atoms with E-state index in [1.165, 1.54) is 6.07 Å². The van der Waals surface area contributed by atoms with Crippen LogP contribution in [-0.4, -0.2) is 0 Å². The Kier molecular flexibility index (Phi) is 3.98. The first-order valence-corrected chi connectivity index (χ1v) is 5.85. The number of rotatable bonds is 3. The molecule has 19 heavy (non-hydrogen) atoms. The van der Waals surface area contributed by atoms with E-state index < -0.39 is 11.6 Å². The van der Waals surface area contributed by atoms with Gasteiger partial charge >= 0.3 is 0 Å². The van der Waals surface area contributed by atoms with E-state index in [0.717, 1.165) is 12.1 Å². The highest BCUT2D eigenvalue weighted by molar-refractivity contribution is 6.31. The molecule has 0 aliphatic carbocycles. The first-order valence-electron chi connectivity index (χ1n) is 5.47. The van der Waals surface area contributed by atoms with Crippen molar-refractivity contribution in [3.8, 4) is 6.07 Å². The number of nitriles is 1. The Labute approximate surface area is 114 Å². The third-order valence-electron chi connectivity index (χ3n) is 2.57. The van der Waals surface area contributed by atoms with Crippen LogP contribution in [-0.2, 0) is 6.54 Å². The first kappa shape index (κ1) is 13.3. The molecule has 0 fully saturated rings. The van der Waals surface area contributed by atoms with Gasteiger partial charge in [0.25, 0.3) is 0 Å². The SMILES string of the molecule is N#Cc1cc(NCc2ccc(F)c(F)c2)ccc1Cl. The zero-order chi connectivity index (χ0) is 13.8. The summed E-state index contributed by atoms with van der Waals surface area (Å²) in [4.78, 5) is 0. The number of nitrogens with one attached hydrogen (secondary N) is 1. The Bertz CT molecular complexity index is 650. The minimum Gasteiger partial charge on any atom is -0.381 e. The lowest BCUT2D eigenvalue weighted by Gasteiger charge is -2.07. The van der Waals surface area contributed by atoms with Crippen molar-refractivity contribution in [1.82, 2.24) is 0 Å². The van der Waals surface area contributed by atoms with Crippen LogP contribution >= 0.6 is 11.6 Å². The van der Waals surface area contributed by atoms with E-state index >= 15 is 0 Å². The highest BCUT2D eigenvalue weighted by Crippen LogP contribution is 2.20. The molecule has 0 atom stereocenters. The van der Waals surface area contributed by atoms with Crippen molar-refractivity contribution in [2.24, 2.45) is 0 Å². The zero-order valence-corrected chi connectivity index (χ0v) is 10.5. The highest BCUT2D eigenvalue weighted by Gasteiger charge is 2.04. The van der Waals surface area contributed by atoms with Gasteiger partial charge in [-0.25, -0.2) is 8.78 Å². The summed E-state index contributed by atoms with van der Waals surface area (Å²) in [5.74, 6) is -1.75. The van der Waals surface area contributed by atoms with Crippen LogP contribution in [0.4, 0.5) is 14.5 Å². The fourth-order valence-electron chi connectivity index (χ4n) is 1.57. The van der Waals surface area contributed by atoms with Crippen molar-refractivity contribution < 1.29 is 8.78 Å². The van der Waals surface area contributed by atoms with Gasteiger partial charge < -0.3 is 5.32 Å². The van der Waals surface area contributed by atoms with E-state index in [9.17, 15) is 8.78 Å². The quantitative estimate of drug-likeness (QED) is 0.917. The minimum absolute atomic E-state index is 0.323. The molecule has 0 aliphatic heterocycles. The smallest absolute Gasteiger partial charge is 0.159 e. The van der Waals surface area contributed by atoms with Gasteiger partial charge in [-0.1, -0.05) is 17.7 Å². The summed E-state index contributed by atoms with van der Waals surface area (Å²) >= 11 is 5.81. The van der Waals surface area contributed by atoms with Crippen LogP contribution in [0, 0.1) is 23.0 Å². The van der Waals surface area contributed by atoms with E-state index in [1.54, 1.807) is 18.2 Å². The summed E-state index contributed by atoms with van der Waals surface area (Å²) < 4.78 is 25.8. The molecule has 5 heteroatoms. The third kappa shape index (κ3) is 3.21. The number of anilines is 1. The lowest BCUT2D eigenvalue weighted by molar-refractivity contribution is 0.507. The van der Waals surface area contributed by atoms with Gasteiger partial charge in [0.15, 0.2) is 11.6 Å². The number of hydrogen-bond donors (Lipinski definition) is 1. The van der Waals surface area contributed by atoms with Crippen molar-refractivity contribution in [2.45, 2.75) is 6.54 Å². The second-order valence-electron chi connectivity index (χ2n) is 3.91. The molecule has 0 radical (unpaired) electrons. The maximum atomic E-state index is 13.0. The lowest BCUT2D eigenvalue weighted by Crippen LogP contribution is -2.00. The van der Waals surface area contributed by atoms with Crippen molar-refractivity contribution >= 4 is 17.3 Å². The van der Waals surface area contributed by atoms with Crippen LogP contribution < -0.4 is 5.32 Å². The maximum Gasteiger partial charge on any atom is 0.159 e. The van der Waals surface area contributed by atoms with Gasteiger partial charge in [-0.2, -0.15) is 5.26 Å². The van der Waals surface area contributed by atoms with Crippen LogP contribution in [0.5, 0.6) is 0 Å². The van der Waals surface area contributed by atoms with E-state index in [0.29, 0.717) is 28.4 Å². The molecule has 0 amide bonds. The summed E-state index contributed by atoms with van der Waals surface area (Å²) in [6, 6.07) is 10.6. The van der Waals surface area contributed by atoms with Crippen LogP contribution in [0.25, 0.3) is 0 Å². The Morgan fingerprint density at radius 1 is 1.11 bits per heavy atom. The molecule has 0 saturated carbocycles. The standard InChI is InChI=1S/C14H9ClF2N2/c15-12-3-2-11(6-10(12)7-18)19-8-9-1-4-13(16)14(17)5-9/h1-6,19H,8H2. The molecule has 0 heterocycles. The molecular weight excluding hydrogens is 270 g/mol. The van der Waals surface area contributed by atoms with Crippen molar-refractivity contribution in [3.05, 3.63) is 64.2 Å². The molecule has 0 saturated heterocycles. The van der Waals surface area contributed by atoms with Crippen LogP contribution in [0.2, 0.25) is 5.02 Å². The maximum absolute atomic E-state index is 13.0. The monoisotopic (exact) mass is 278 g/mol. The summed E-state index contributed by atoms with van der Waals surface area (Å²) in [5.41, 5.74) is 1.65. The summed E-state index contributed by atoms with van der Waals surface area (Å²) in [6.07, 6.45) is 0. The van der Waals surface area contributed by atoms with Crippen molar-refractivity contribution in [1.29, 1.82) is 5.26 Å². The largest absolute Gasteiger partial charge is 0.381 e. The van der Waals surface area contributed by atoms with E-state index in [-0.39, 0.29) is 0 Å². The molecule has 96 valence electrons. The fraction of sp³-hybridized carbons (Fsp3) is 0.0714. The Hall–Kier alpha value is -2.12. The number of halogens is 3. The molecule has 0 spiro atoms. The van der Waals surface area contributed by atoms with Gasteiger partial charge in [-0.3, -0.25) is 0 Å². The summed E-state index contributed by atoms with van der Waals surface area (Å²) in [6.45, 7) is 0.323. The van der Waals surface area contributed by atoms with Gasteiger partial charge in [-0.05, 0) is 35.9 Å². The molecule has 0 bridgehead atoms. The van der Waals surface area contributed by atoms with E-state index in [1.807, 2.05) is 6.07 Å².